The topological polar surface area (TPSA) is 47.8 Å². The number of unbranched alkanes of at least 4 members (excludes halogenated alkanes) is 1. The minimum absolute atomic E-state index is 0.673. The van der Waals surface area contributed by atoms with Crippen molar-refractivity contribution in [2.75, 3.05) is 33.5 Å². The second-order valence-electron chi connectivity index (χ2n) is 4.69. The molecule has 0 fully saturated rings. The summed E-state index contributed by atoms with van der Waals surface area (Å²) in [4.78, 5) is 4.54. The summed E-state index contributed by atoms with van der Waals surface area (Å²) in [5.41, 5.74) is 2.07. The van der Waals surface area contributed by atoms with Crippen molar-refractivity contribution in [3.63, 3.8) is 0 Å². The second-order valence-corrected chi connectivity index (χ2v) is 4.69. The van der Waals surface area contributed by atoms with Crippen LogP contribution in [0.5, 0.6) is 0 Å². The first kappa shape index (κ1) is 15.0. The van der Waals surface area contributed by atoms with Crippen molar-refractivity contribution in [2.24, 2.45) is 0 Å². The van der Waals surface area contributed by atoms with E-state index in [2.05, 4.69) is 16.5 Å². The van der Waals surface area contributed by atoms with Gasteiger partial charge in [-0.05, 0) is 31.5 Å². The Morgan fingerprint density at radius 3 is 3.00 bits per heavy atom. The Labute approximate surface area is 119 Å². The summed E-state index contributed by atoms with van der Waals surface area (Å²) >= 11 is 0. The zero-order chi connectivity index (χ0) is 14.0. The Morgan fingerprint density at radius 2 is 2.15 bits per heavy atom. The lowest BCUT2D eigenvalue weighted by atomic mass is 10.3. The Hall–Kier alpha value is -1.43. The molecule has 0 aliphatic heterocycles. The van der Waals surface area contributed by atoms with Crippen LogP contribution in [-0.2, 0) is 16.0 Å². The van der Waals surface area contributed by atoms with Crippen molar-refractivity contribution in [1.82, 2.24) is 14.7 Å². The highest BCUT2D eigenvalue weighted by Crippen LogP contribution is 2.03. The Bertz CT molecular complexity index is 466. The molecule has 20 heavy (non-hydrogen) atoms. The fourth-order valence-electron chi connectivity index (χ4n) is 1.99. The molecule has 0 bridgehead atoms. The molecule has 0 atom stereocenters. The first-order chi connectivity index (χ1) is 9.90. The van der Waals surface area contributed by atoms with Crippen molar-refractivity contribution in [3.05, 3.63) is 36.3 Å². The molecular formula is C15H23N3O2. The minimum atomic E-state index is 0.673. The number of methoxy groups -OCH3 is 1. The number of nitrogens with zero attached hydrogens (tertiary/aromatic N) is 2. The van der Waals surface area contributed by atoms with Gasteiger partial charge in [0.25, 0.3) is 0 Å². The standard InChI is InChI=1S/C15H23N3O2/c1-19-10-11-20-9-5-3-7-16-12-14-13-18-8-4-2-6-15(18)17-14/h2,4,6,8,13,16H,3,5,7,9-12H2,1H3. The highest BCUT2D eigenvalue weighted by atomic mass is 16.5. The number of nitrogens with one attached hydrogen (secondary N) is 1. The average Bonchev–Trinajstić information content (AvgIpc) is 2.88. The molecule has 0 aliphatic carbocycles. The molecule has 2 heterocycles. The molecule has 0 saturated heterocycles. The number of aromatic nitrogens is 2. The van der Waals surface area contributed by atoms with Crippen molar-refractivity contribution in [1.29, 1.82) is 0 Å². The van der Waals surface area contributed by atoms with E-state index in [0.29, 0.717) is 13.2 Å². The lowest BCUT2D eigenvalue weighted by Crippen LogP contribution is -2.15. The maximum Gasteiger partial charge on any atom is 0.137 e. The van der Waals surface area contributed by atoms with Gasteiger partial charge in [0.15, 0.2) is 0 Å². The summed E-state index contributed by atoms with van der Waals surface area (Å²) in [7, 11) is 1.69. The van der Waals surface area contributed by atoms with Crippen LogP contribution < -0.4 is 5.32 Å². The van der Waals surface area contributed by atoms with Gasteiger partial charge in [0.2, 0.25) is 0 Å². The van der Waals surface area contributed by atoms with E-state index in [4.69, 9.17) is 9.47 Å². The van der Waals surface area contributed by atoms with Crippen molar-refractivity contribution >= 4 is 5.65 Å². The molecule has 2 rings (SSSR count). The quantitative estimate of drug-likeness (QED) is 0.674. The molecule has 0 saturated carbocycles. The van der Waals surface area contributed by atoms with Crippen LogP contribution in [-0.4, -0.2) is 42.9 Å². The molecule has 110 valence electrons. The molecule has 0 amide bonds. The molecule has 0 spiro atoms. The number of fused-ring (bicyclic) bond motifs is 1. The van der Waals surface area contributed by atoms with E-state index >= 15 is 0 Å². The van der Waals surface area contributed by atoms with Gasteiger partial charge in [-0.25, -0.2) is 4.98 Å². The van der Waals surface area contributed by atoms with Crippen molar-refractivity contribution in [3.8, 4) is 0 Å². The zero-order valence-electron chi connectivity index (χ0n) is 12.0. The third kappa shape index (κ3) is 4.92. The number of hydrogen-bond acceptors (Lipinski definition) is 4. The van der Waals surface area contributed by atoms with Crippen LogP contribution in [0.1, 0.15) is 18.5 Å². The largest absolute Gasteiger partial charge is 0.382 e. The number of imidazole rings is 1. The molecule has 2 aromatic heterocycles. The van der Waals surface area contributed by atoms with Crippen LogP contribution in [0.2, 0.25) is 0 Å². The summed E-state index contributed by atoms with van der Waals surface area (Å²) in [5, 5.41) is 3.41. The van der Waals surface area contributed by atoms with Gasteiger partial charge in [0.05, 0.1) is 18.9 Å². The van der Waals surface area contributed by atoms with Gasteiger partial charge in [0, 0.05) is 32.7 Å². The molecule has 0 radical (unpaired) electrons. The first-order valence-corrected chi connectivity index (χ1v) is 7.10. The number of hydrogen-bond donors (Lipinski definition) is 1. The minimum Gasteiger partial charge on any atom is -0.382 e. The average molecular weight is 277 g/mol. The number of ether oxygens (including phenoxy) is 2. The van der Waals surface area contributed by atoms with Crippen molar-refractivity contribution < 1.29 is 9.47 Å². The molecule has 0 unspecified atom stereocenters. The Balaban J connectivity index is 1.55. The van der Waals surface area contributed by atoms with E-state index in [1.54, 1.807) is 7.11 Å². The van der Waals surface area contributed by atoms with Crippen LogP contribution in [0.3, 0.4) is 0 Å². The first-order valence-electron chi connectivity index (χ1n) is 7.10. The molecule has 1 N–H and O–H groups in total. The van der Waals surface area contributed by atoms with Crippen LogP contribution in [0.15, 0.2) is 30.6 Å². The highest BCUT2D eigenvalue weighted by molar-refractivity contribution is 5.39. The van der Waals surface area contributed by atoms with Crippen LogP contribution in [0.25, 0.3) is 5.65 Å². The maximum absolute atomic E-state index is 5.41. The fourth-order valence-corrected chi connectivity index (χ4v) is 1.99. The van der Waals surface area contributed by atoms with Gasteiger partial charge in [-0.2, -0.15) is 0 Å². The normalized spacial score (nSPS) is 11.2. The molecule has 2 aromatic rings. The van der Waals surface area contributed by atoms with Crippen LogP contribution in [0, 0.1) is 0 Å². The molecule has 0 aliphatic rings. The molecule has 5 heteroatoms. The van der Waals surface area contributed by atoms with E-state index in [1.807, 2.05) is 28.8 Å². The predicted molar refractivity (Wildman–Crippen MR) is 78.8 cm³/mol. The van der Waals surface area contributed by atoms with Gasteiger partial charge in [0.1, 0.15) is 5.65 Å². The van der Waals surface area contributed by atoms with Crippen molar-refractivity contribution in [2.45, 2.75) is 19.4 Å². The van der Waals surface area contributed by atoms with Crippen LogP contribution >= 0.6 is 0 Å². The van der Waals surface area contributed by atoms with Gasteiger partial charge >= 0.3 is 0 Å². The summed E-state index contributed by atoms with van der Waals surface area (Å²) in [6.07, 6.45) is 6.27. The monoisotopic (exact) mass is 277 g/mol. The summed E-state index contributed by atoms with van der Waals surface area (Å²) in [6.45, 7) is 3.96. The summed E-state index contributed by atoms with van der Waals surface area (Å²) in [6, 6.07) is 6.03. The van der Waals surface area contributed by atoms with Gasteiger partial charge in [-0.1, -0.05) is 6.07 Å². The zero-order valence-corrected chi connectivity index (χ0v) is 12.0. The number of pyridine rings is 1. The maximum atomic E-state index is 5.41. The highest BCUT2D eigenvalue weighted by Gasteiger charge is 1.99. The van der Waals surface area contributed by atoms with Gasteiger partial charge in [-0.3, -0.25) is 0 Å². The summed E-state index contributed by atoms with van der Waals surface area (Å²) in [5.74, 6) is 0. The van der Waals surface area contributed by atoms with E-state index in [9.17, 15) is 0 Å². The SMILES string of the molecule is COCCOCCCCNCc1cn2ccccc2n1. The Kier molecular flexibility index (Phi) is 6.50. The van der Waals surface area contributed by atoms with E-state index in [-0.39, 0.29) is 0 Å². The molecule has 0 aromatic carbocycles. The van der Waals surface area contributed by atoms with Crippen LogP contribution in [0.4, 0.5) is 0 Å². The van der Waals surface area contributed by atoms with Gasteiger partial charge in [-0.15, -0.1) is 0 Å². The molecule has 5 nitrogen and oxygen atoms in total. The third-order valence-electron chi connectivity index (χ3n) is 3.04. The smallest absolute Gasteiger partial charge is 0.137 e. The number of rotatable bonds is 10. The molecular weight excluding hydrogens is 254 g/mol. The summed E-state index contributed by atoms with van der Waals surface area (Å²) < 4.78 is 12.4. The predicted octanol–water partition coefficient (Wildman–Crippen LogP) is 1.87. The van der Waals surface area contributed by atoms with E-state index in [1.165, 1.54) is 0 Å². The van der Waals surface area contributed by atoms with E-state index in [0.717, 1.165) is 43.9 Å². The lowest BCUT2D eigenvalue weighted by Gasteiger charge is -2.04. The Morgan fingerprint density at radius 1 is 1.20 bits per heavy atom. The van der Waals surface area contributed by atoms with E-state index < -0.39 is 0 Å². The second kappa shape index (κ2) is 8.68. The third-order valence-corrected chi connectivity index (χ3v) is 3.04. The fraction of sp³-hybridized carbons (Fsp3) is 0.533. The lowest BCUT2D eigenvalue weighted by molar-refractivity contribution is 0.0688. The van der Waals surface area contributed by atoms with Gasteiger partial charge < -0.3 is 19.2 Å².